The molecule has 0 spiro atoms. The molecule has 5 aromatic rings. The molecule has 0 N–H and O–H groups in total. The molecule has 4 aliphatic rings. The molecule has 48 heavy (non-hydrogen) atoms. The Morgan fingerprint density at radius 2 is 1.42 bits per heavy atom. The predicted octanol–water partition coefficient (Wildman–Crippen LogP) is 10.6. The van der Waals surface area contributed by atoms with Gasteiger partial charge in [0.05, 0.1) is 28.2 Å². The summed E-state index contributed by atoms with van der Waals surface area (Å²) in [6.45, 7) is 0. The van der Waals surface area contributed by atoms with Gasteiger partial charge in [0, 0.05) is 61.7 Å². The third kappa shape index (κ3) is 4.34. The van der Waals surface area contributed by atoms with Crippen molar-refractivity contribution in [3.05, 3.63) is 148 Å². The van der Waals surface area contributed by atoms with E-state index in [9.17, 15) is 10.5 Å². The third-order valence-electron chi connectivity index (χ3n) is 10.6. The van der Waals surface area contributed by atoms with E-state index in [-0.39, 0.29) is 5.92 Å². The fraction of sp³-hybridized carbons (Fsp3) is 0.182. The molecule has 1 atom stereocenters. The molecule has 0 saturated heterocycles. The number of fused-ring (bicyclic) bond motifs is 6. The van der Waals surface area contributed by atoms with Crippen LogP contribution in [0.3, 0.4) is 0 Å². The van der Waals surface area contributed by atoms with Crippen molar-refractivity contribution >= 4 is 50.9 Å². The van der Waals surface area contributed by atoms with E-state index >= 15 is 0 Å². The topological polar surface area (TPSA) is 57.4 Å². The highest BCUT2D eigenvalue weighted by atomic mass is 15.0. The Labute approximate surface area is 280 Å². The molecule has 0 bridgehead atoms. The fourth-order valence-electron chi connectivity index (χ4n) is 8.46. The largest absolute Gasteiger partial charge is 0.316 e. The minimum atomic E-state index is 0.121. The van der Waals surface area contributed by atoms with Crippen LogP contribution in [0.15, 0.2) is 103 Å². The maximum atomic E-state index is 10.6. The zero-order valence-electron chi connectivity index (χ0n) is 26.8. The van der Waals surface area contributed by atoms with Crippen molar-refractivity contribution in [2.75, 3.05) is 0 Å². The molecule has 2 aromatic heterocycles. The SMILES string of the molecule is N#Cc1cc(C2C=CC=C(n3c4c(c5cccc(C#N)c53)C=CCC4)C2)ccc1C1=C(n2c3c(c4ccccc42)C=CCC3)CCC=C1. The number of rotatable bonds is 4. The Kier molecular flexibility index (Phi) is 6.77. The Bertz CT molecular complexity index is 2450. The van der Waals surface area contributed by atoms with Crippen LogP contribution in [-0.2, 0) is 12.8 Å². The van der Waals surface area contributed by atoms with Crippen LogP contribution in [0.1, 0.15) is 82.8 Å². The summed E-state index contributed by atoms with van der Waals surface area (Å²) in [5, 5.41) is 23.1. The number of nitriles is 2. The zero-order chi connectivity index (χ0) is 32.2. The first-order valence-electron chi connectivity index (χ1n) is 17.1. The van der Waals surface area contributed by atoms with Crippen molar-refractivity contribution in [2.45, 2.75) is 50.9 Å². The smallest absolute Gasteiger partial charge is 0.101 e. The van der Waals surface area contributed by atoms with E-state index in [0.717, 1.165) is 72.5 Å². The summed E-state index contributed by atoms with van der Waals surface area (Å²) in [5.41, 5.74) is 14.6. The number of benzene rings is 3. The second-order valence-corrected chi connectivity index (χ2v) is 13.2. The molecule has 2 heterocycles. The van der Waals surface area contributed by atoms with E-state index in [1.165, 1.54) is 44.8 Å². The van der Waals surface area contributed by atoms with Gasteiger partial charge in [0.1, 0.15) is 6.07 Å². The minimum Gasteiger partial charge on any atom is -0.316 e. The van der Waals surface area contributed by atoms with E-state index < -0.39 is 0 Å². The highest BCUT2D eigenvalue weighted by Crippen LogP contribution is 2.42. The maximum Gasteiger partial charge on any atom is 0.101 e. The summed E-state index contributed by atoms with van der Waals surface area (Å²) in [6, 6.07) is 26.3. The average molecular weight is 619 g/mol. The number of aromatic nitrogens is 2. The summed E-state index contributed by atoms with van der Waals surface area (Å²) < 4.78 is 4.85. The maximum absolute atomic E-state index is 10.6. The van der Waals surface area contributed by atoms with Crippen molar-refractivity contribution in [2.24, 2.45) is 0 Å². The number of hydrogen-bond donors (Lipinski definition) is 0. The molecule has 0 saturated carbocycles. The first kappa shape index (κ1) is 28.4. The quantitative estimate of drug-likeness (QED) is 0.201. The van der Waals surface area contributed by atoms with Crippen LogP contribution in [0, 0.1) is 22.7 Å². The van der Waals surface area contributed by atoms with Crippen LogP contribution in [-0.4, -0.2) is 9.13 Å². The molecule has 0 fully saturated rings. The molecule has 230 valence electrons. The average Bonchev–Trinajstić information content (AvgIpc) is 3.68. The van der Waals surface area contributed by atoms with Crippen LogP contribution < -0.4 is 0 Å². The van der Waals surface area contributed by atoms with Crippen LogP contribution in [0.25, 0.3) is 50.9 Å². The molecule has 1 unspecified atom stereocenters. The molecule has 9 rings (SSSR count). The number of nitrogens with zero attached hydrogens (tertiary/aromatic N) is 4. The van der Waals surface area contributed by atoms with E-state index in [2.05, 4.69) is 124 Å². The van der Waals surface area contributed by atoms with Gasteiger partial charge >= 0.3 is 0 Å². The summed E-state index contributed by atoms with van der Waals surface area (Å²) in [6.07, 6.45) is 26.8. The summed E-state index contributed by atoms with van der Waals surface area (Å²) in [4.78, 5) is 0. The van der Waals surface area contributed by atoms with Gasteiger partial charge < -0.3 is 9.13 Å². The van der Waals surface area contributed by atoms with Crippen molar-refractivity contribution in [1.29, 1.82) is 10.5 Å². The molecule has 0 radical (unpaired) electrons. The lowest BCUT2D eigenvalue weighted by molar-refractivity contribution is 0.804. The molecule has 4 nitrogen and oxygen atoms in total. The van der Waals surface area contributed by atoms with Crippen LogP contribution in [0.2, 0.25) is 0 Å². The Hall–Kier alpha value is -5.84. The molecule has 4 aliphatic carbocycles. The van der Waals surface area contributed by atoms with Gasteiger partial charge in [0.25, 0.3) is 0 Å². The molecule has 4 heteroatoms. The third-order valence-corrected chi connectivity index (χ3v) is 10.6. The number of allylic oxidation sites excluding steroid dienone is 10. The second-order valence-electron chi connectivity index (χ2n) is 13.2. The summed E-state index contributed by atoms with van der Waals surface area (Å²) in [7, 11) is 0. The fourth-order valence-corrected chi connectivity index (χ4v) is 8.46. The first-order chi connectivity index (χ1) is 23.7. The summed E-state index contributed by atoms with van der Waals surface area (Å²) >= 11 is 0. The van der Waals surface area contributed by atoms with Gasteiger partial charge in [-0.2, -0.15) is 10.5 Å². The van der Waals surface area contributed by atoms with Gasteiger partial charge in [-0.1, -0.05) is 91.1 Å². The van der Waals surface area contributed by atoms with Crippen molar-refractivity contribution < 1.29 is 0 Å². The normalized spacial score (nSPS) is 18.1. The van der Waals surface area contributed by atoms with Crippen molar-refractivity contribution in [1.82, 2.24) is 9.13 Å². The van der Waals surface area contributed by atoms with Gasteiger partial charge in [-0.05, 0) is 74.8 Å². The number of para-hydroxylation sites is 2. The van der Waals surface area contributed by atoms with Crippen LogP contribution >= 0.6 is 0 Å². The monoisotopic (exact) mass is 618 g/mol. The minimum absolute atomic E-state index is 0.121. The van der Waals surface area contributed by atoms with E-state index in [0.29, 0.717) is 11.1 Å². The molecular weight excluding hydrogens is 585 g/mol. The standard InChI is InChI=1S/C44H34N4/c45-27-31-12-10-18-39-38-17-4-5-19-40(38)47(44(31)39)33-13-9-11-29(26-33)30-23-24-34(32(25-30)28-46)35-14-1-6-20-41(35)48-42-21-7-2-15-36(42)37-16-3-8-22-43(37)48/h1-4,7,9-18,21,23-25,29H,5-6,8,19-20,22,26H2. The van der Waals surface area contributed by atoms with Gasteiger partial charge in [0.15, 0.2) is 0 Å². The first-order valence-corrected chi connectivity index (χ1v) is 17.1. The Morgan fingerprint density at radius 1 is 0.688 bits per heavy atom. The van der Waals surface area contributed by atoms with E-state index in [1.54, 1.807) is 0 Å². The van der Waals surface area contributed by atoms with E-state index in [4.69, 9.17) is 0 Å². The predicted molar refractivity (Wildman–Crippen MR) is 197 cm³/mol. The van der Waals surface area contributed by atoms with Crippen LogP contribution in [0.4, 0.5) is 0 Å². The van der Waals surface area contributed by atoms with Gasteiger partial charge in [0.2, 0.25) is 0 Å². The van der Waals surface area contributed by atoms with Crippen LogP contribution in [0.5, 0.6) is 0 Å². The lowest BCUT2D eigenvalue weighted by Gasteiger charge is -2.25. The van der Waals surface area contributed by atoms with Gasteiger partial charge in [-0.15, -0.1) is 0 Å². The number of hydrogen-bond acceptors (Lipinski definition) is 2. The molecule has 0 amide bonds. The summed E-state index contributed by atoms with van der Waals surface area (Å²) in [5.74, 6) is 0.121. The molecular formula is C44H34N4. The zero-order valence-corrected chi connectivity index (χ0v) is 26.8. The Balaban J connectivity index is 1.12. The molecule has 0 aliphatic heterocycles. The van der Waals surface area contributed by atoms with Crippen molar-refractivity contribution in [3.8, 4) is 12.1 Å². The lowest BCUT2D eigenvalue weighted by atomic mass is 9.86. The molecule has 3 aromatic carbocycles. The van der Waals surface area contributed by atoms with Gasteiger partial charge in [-0.3, -0.25) is 0 Å². The highest BCUT2D eigenvalue weighted by Gasteiger charge is 2.26. The highest BCUT2D eigenvalue weighted by molar-refractivity contribution is 6.00. The Morgan fingerprint density at radius 3 is 2.25 bits per heavy atom. The lowest BCUT2D eigenvalue weighted by Crippen LogP contribution is -2.11. The van der Waals surface area contributed by atoms with Crippen molar-refractivity contribution in [3.63, 3.8) is 0 Å². The van der Waals surface area contributed by atoms with Gasteiger partial charge in [-0.25, -0.2) is 0 Å². The second kappa shape index (κ2) is 11.4. The van der Waals surface area contributed by atoms with E-state index in [1.807, 2.05) is 12.1 Å².